The molecule has 1 rings (SSSR count). The van der Waals surface area contributed by atoms with Gasteiger partial charge in [-0.05, 0) is 6.26 Å². The van der Waals surface area contributed by atoms with Crippen LogP contribution < -0.4 is 0 Å². The molecule has 1 aromatic heterocycles. The molecule has 0 aromatic carbocycles. The van der Waals surface area contributed by atoms with Crippen molar-refractivity contribution >= 4 is 18.0 Å². The van der Waals surface area contributed by atoms with Gasteiger partial charge in [-0.1, -0.05) is 11.8 Å². The molecule has 1 aromatic rings. The van der Waals surface area contributed by atoms with Gasteiger partial charge in [-0.25, -0.2) is 4.98 Å². The maximum atomic E-state index is 10.2. The number of aldehydes is 1. The number of nitrogens with zero attached hydrogens (tertiary/aromatic N) is 2. The summed E-state index contributed by atoms with van der Waals surface area (Å²) in [6.07, 6.45) is 4.38. The fraction of sp³-hybridized carbons (Fsp3) is 0.333. The molecule has 0 saturated heterocycles. The molecule has 0 saturated carbocycles. The second kappa shape index (κ2) is 2.88. The van der Waals surface area contributed by atoms with Crippen LogP contribution in [0.15, 0.2) is 11.4 Å². The van der Waals surface area contributed by atoms with Crippen molar-refractivity contribution in [2.24, 2.45) is 7.05 Å². The lowest BCUT2D eigenvalue weighted by atomic mass is 10.5. The lowest BCUT2D eigenvalue weighted by Crippen LogP contribution is -1.85. The number of carbonyl (C=O) groups excluding carboxylic acids is 1. The van der Waals surface area contributed by atoms with Crippen LogP contribution in [0.5, 0.6) is 0 Å². The van der Waals surface area contributed by atoms with Crippen LogP contribution in [0, 0.1) is 0 Å². The minimum absolute atomic E-state index is 0.492. The van der Waals surface area contributed by atoms with Crippen LogP contribution in [0.3, 0.4) is 0 Å². The Morgan fingerprint density at radius 3 is 2.80 bits per heavy atom. The first-order chi connectivity index (χ1) is 4.77. The van der Waals surface area contributed by atoms with Gasteiger partial charge in [0.2, 0.25) is 0 Å². The van der Waals surface area contributed by atoms with Gasteiger partial charge in [0, 0.05) is 13.2 Å². The number of rotatable bonds is 2. The van der Waals surface area contributed by atoms with Crippen LogP contribution in [0.4, 0.5) is 0 Å². The Kier molecular flexibility index (Phi) is 2.11. The second-order valence-corrected chi connectivity index (χ2v) is 2.65. The standard InChI is InChI=1S/C6H8N2OS/c1-8-3-5(4-9)7-6(8)10-2/h3-4H,1-2H3. The molecule has 0 aliphatic heterocycles. The summed E-state index contributed by atoms with van der Waals surface area (Å²) in [7, 11) is 1.87. The summed E-state index contributed by atoms with van der Waals surface area (Å²) >= 11 is 1.52. The predicted molar refractivity (Wildman–Crippen MR) is 40.4 cm³/mol. The van der Waals surface area contributed by atoms with Crippen LogP contribution in [0.1, 0.15) is 10.5 Å². The largest absolute Gasteiger partial charge is 0.328 e. The first-order valence-corrected chi connectivity index (χ1v) is 4.03. The highest BCUT2D eigenvalue weighted by Gasteiger charge is 2.00. The van der Waals surface area contributed by atoms with Crippen molar-refractivity contribution < 1.29 is 4.79 Å². The minimum atomic E-state index is 0.492. The Hall–Kier alpha value is -0.770. The van der Waals surface area contributed by atoms with Crippen molar-refractivity contribution in [1.82, 2.24) is 9.55 Å². The van der Waals surface area contributed by atoms with E-state index in [0.29, 0.717) is 5.69 Å². The quantitative estimate of drug-likeness (QED) is 0.472. The van der Waals surface area contributed by atoms with E-state index in [2.05, 4.69) is 4.98 Å². The van der Waals surface area contributed by atoms with E-state index in [9.17, 15) is 4.79 Å². The number of imidazole rings is 1. The molecule has 4 heteroatoms. The van der Waals surface area contributed by atoms with Gasteiger partial charge in [0.1, 0.15) is 5.69 Å². The third kappa shape index (κ3) is 1.21. The lowest BCUT2D eigenvalue weighted by molar-refractivity contribution is 0.111. The van der Waals surface area contributed by atoms with E-state index >= 15 is 0 Å². The molecule has 0 aliphatic rings. The smallest absolute Gasteiger partial charge is 0.170 e. The number of carbonyl (C=O) groups is 1. The zero-order valence-electron chi connectivity index (χ0n) is 5.87. The summed E-state index contributed by atoms with van der Waals surface area (Å²) in [5.41, 5.74) is 0.492. The molecule has 0 atom stereocenters. The molecule has 0 amide bonds. The summed E-state index contributed by atoms with van der Waals surface area (Å²) in [5, 5.41) is 0.863. The number of aryl methyl sites for hydroxylation is 1. The molecule has 0 bridgehead atoms. The Balaban J connectivity index is 3.03. The van der Waals surface area contributed by atoms with Gasteiger partial charge >= 0.3 is 0 Å². The molecule has 54 valence electrons. The van der Waals surface area contributed by atoms with E-state index in [1.165, 1.54) is 11.8 Å². The third-order valence-electron chi connectivity index (χ3n) is 1.16. The highest BCUT2D eigenvalue weighted by atomic mass is 32.2. The molecule has 3 nitrogen and oxygen atoms in total. The van der Waals surface area contributed by atoms with Crippen molar-refractivity contribution in [3.05, 3.63) is 11.9 Å². The van der Waals surface area contributed by atoms with E-state index in [1.54, 1.807) is 6.20 Å². The van der Waals surface area contributed by atoms with Gasteiger partial charge in [0.25, 0.3) is 0 Å². The van der Waals surface area contributed by atoms with Crippen LogP contribution in [0.2, 0.25) is 0 Å². The van der Waals surface area contributed by atoms with Gasteiger partial charge in [-0.2, -0.15) is 0 Å². The lowest BCUT2D eigenvalue weighted by Gasteiger charge is -1.91. The Morgan fingerprint density at radius 2 is 2.50 bits per heavy atom. The first-order valence-electron chi connectivity index (χ1n) is 2.80. The van der Waals surface area contributed by atoms with Crippen molar-refractivity contribution in [1.29, 1.82) is 0 Å². The molecule has 0 radical (unpaired) electrons. The molecule has 10 heavy (non-hydrogen) atoms. The van der Waals surface area contributed by atoms with Crippen LogP contribution in [-0.2, 0) is 7.05 Å². The molecule has 0 spiro atoms. The van der Waals surface area contributed by atoms with E-state index in [1.807, 2.05) is 17.9 Å². The SMILES string of the molecule is CSc1nc(C=O)cn1C. The fourth-order valence-electron chi connectivity index (χ4n) is 0.718. The molecule has 0 fully saturated rings. The van der Waals surface area contributed by atoms with E-state index in [-0.39, 0.29) is 0 Å². The third-order valence-corrected chi connectivity index (χ3v) is 1.90. The van der Waals surface area contributed by atoms with Gasteiger partial charge in [-0.15, -0.1) is 0 Å². The highest BCUT2D eigenvalue weighted by molar-refractivity contribution is 7.98. The molecule has 0 aliphatic carbocycles. The van der Waals surface area contributed by atoms with Gasteiger partial charge < -0.3 is 4.57 Å². The Bertz CT molecular complexity index is 244. The number of aromatic nitrogens is 2. The summed E-state index contributed by atoms with van der Waals surface area (Å²) in [4.78, 5) is 14.2. The van der Waals surface area contributed by atoms with Gasteiger partial charge in [-0.3, -0.25) is 4.79 Å². The van der Waals surface area contributed by atoms with Crippen molar-refractivity contribution in [3.63, 3.8) is 0 Å². The highest BCUT2D eigenvalue weighted by Crippen LogP contribution is 2.11. The molecular formula is C6H8N2OS. The zero-order chi connectivity index (χ0) is 7.56. The topological polar surface area (TPSA) is 34.9 Å². The summed E-state index contributed by atoms with van der Waals surface area (Å²) < 4.78 is 1.83. The average Bonchev–Trinajstić information content (AvgIpc) is 2.30. The van der Waals surface area contributed by atoms with Gasteiger partial charge in [0.15, 0.2) is 11.4 Å². The van der Waals surface area contributed by atoms with E-state index in [0.717, 1.165) is 11.4 Å². The Labute approximate surface area is 63.4 Å². The zero-order valence-corrected chi connectivity index (χ0v) is 6.68. The minimum Gasteiger partial charge on any atom is -0.328 e. The van der Waals surface area contributed by atoms with E-state index in [4.69, 9.17) is 0 Å². The average molecular weight is 156 g/mol. The van der Waals surface area contributed by atoms with Crippen molar-refractivity contribution in [2.75, 3.05) is 6.26 Å². The monoisotopic (exact) mass is 156 g/mol. The molecule has 1 heterocycles. The maximum Gasteiger partial charge on any atom is 0.170 e. The van der Waals surface area contributed by atoms with Crippen LogP contribution in [0.25, 0.3) is 0 Å². The number of thioether (sulfide) groups is 1. The van der Waals surface area contributed by atoms with Gasteiger partial charge in [0.05, 0.1) is 0 Å². The summed E-state index contributed by atoms with van der Waals surface area (Å²) in [6, 6.07) is 0. The van der Waals surface area contributed by atoms with Crippen LogP contribution >= 0.6 is 11.8 Å². The fourth-order valence-corrected chi connectivity index (χ4v) is 1.26. The Morgan fingerprint density at radius 1 is 1.80 bits per heavy atom. The first kappa shape index (κ1) is 7.34. The maximum absolute atomic E-state index is 10.2. The van der Waals surface area contributed by atoms with Crippen molar-refractivity contribution in [2.45, 2.75) is 5.16 Å². The molecule has 0 unspecified atom stereocenters. The normalized spacial score (nSPS) is 9.80. The number of hydrogen-bond donors (Lipinski definition) is 0. The summed E-state index contributed by atoms with van der Waals surface area (Å²) in [6.45, 7) is 0. The summed E-state index contributed by atoms with van der Waals surface area (Å²) in [5.74, 6) is 0. The predicted octanol–water partition coefficient (Wildman–Crippen LogP) is 0.954. The molecule has 0 N–H and O–H groups in total. The van der Waals surface area contributed by atoms with Crippen LogP contribution in [-0.4, -0.2) is 22.1 Å². The van der Waals surface area contributed by atoms with Crippen molar-refractivity contribution in [3.8, 4) is 0 Å². The van der Waals surface area contributed by atoms with E-state index < -0.39 is 0 Å². The number of hydrogen-bond acceptors (Lipinski definition) is 3. The molecular weight excluding hydrogens is 148 g/mol. The second-order valence-electron chi connectivity index (χ2n) is 1.88.